The van der Waals surface area contributed by atoms with Gasteiger partial charge >= 0.3 is 5.69 Å². The molecule has 8 nitrogen and oxygen atoms in total. The van der Waals surface area contributed by atoms with Gasteiger partial charge in [-0.1, -0.05) is 18.5 Å². The molecule has 1 atom stereocenters. The number of rotatable bonds is 6. The van der Waals surface area contributed by atoms with E-state index in [-0.39, 0.29) is 22.4 Å². The van der Waals surface area contributed by atoms with Crippen molar-refractivity contribution in [2.45, 2.75) is 56.6 Å². The quantitative estimate of drug-likeness (QED) is 0.777. The Morgan fingerprint density at radius 2 is 2.15 bits per heavy atom. The standard InChI is InChI=1S/C17H23ClN4O4S/c1-3-9-22-17(23)21-10-8-13(5-7-16(21)19-22)20-27(24,25)15-11-12(18)4-6-14(15)26-2/h4,6,11,13,20H,3,5,7-10H2,1-2H3. The maximum Gasteiger partial charge on any atom is 0.345 e. The minimum Gasteiger partial charge on any atom is -0.495 e. The summed E-state index contributed by atoms with van der Waals surface area (Å²) in [7, 11) is -2.40. The molecule has 2 aromatic rings. The number of fused-ring (bicyclic) bond motifs is 1. The average Bonchev–Trinajstić information content (AvgIpc) is 2.79. The Morgan fingerprint density at radius 3 is 2.85 bits per heavy atom. The molecule has 0 amide bonds. The van der Waals surface area contributed by atoms with Gasteiger partial charge in [0.1, 0.15) is 16.5 Å². The molecule has 148 valence electrons. The van der Waals surface area contributed by atoms with Crippen LogP contribution in [0.25, 0.3) is 0 Å². The molecule has 0 fully saturated rings. The monoisotopic (exact) mass is 414 g/mol. The lowest BCUT2D eigenvalue weighted by atomic mass is 10.1. The van der Waals surface area contributed by atoms with Crippen molar-refractivity contribution in [2.75, 3.05) is 7.11 Å². The Bertz CT molecular complexity index is 983. The molecule has 27 heavy (non-hydrogen) atoms. The Hall–Kier alpha value is -1.84. The molecule has 1 aromatic heterocycles. The number of sulfonamides is 1. The normalized spacial score (nSPS) is 17.4. The summed E-state index contributed by atoms with van der Waals surface area (Å²) in [5.41, 5.74) is -0.133. The summed E-state index contributed by atoms with van der Waals surface area (Å²) < 4.78 is 36.6. The van der Waals surface area contributed by atoms with E-state index in [2.05, 4.69) is 9.82 Å². The van der Waals surface area contributed by atoms with Crippen molar-refractivity contribution in [1.82, 2.24) is 19.1 Å². The lowest BCUT2D eigenvalue weighted by Gasteiger charge is -2.17. The Morgan fingerprint density at radius 1 is 1.37 bits per heavy atom. The van der Waals surface area contributed by atoms with Gasteiger partial charge < -0.3 is 4.74 Å². The zero-order valence-electron chi connectivity index (χ0n) is 15.3. The highest BCUT2D eigenvalue weighted by Gasteiger charge is 2.27. The third-order valence-electron chi connectivity index (χ3n) is 4.59. The number of aryl methyl sites for hydroxylation is 2. The molecular weight excluding hydrogens is 392 g/mol. The highest BCUT2D eigenvalue weighted by atomic mass is 35.5. The van der Waals surface area contributed by atoms with E-state index in [4.69, 9.17) is 16.3 Å². The van der Waals surface area contributed by atoms with Crippen molar-refractivity contribution in [3.8, 4) is 5.75 Å². The fourth-order valence-electron chi connectivity index (χ4n) is 3.25. The van der Waals surface area contributed by atoms with Crippen molar-refractivity contribution in [3.05, 3.63) is 39.5 Å². The van der Waals surface area contributed by atoms with Crippen molar-refractivity contribution < 1.29 is 13.2 Å². The maximum absolute atomic E-state index is 12.8. The fraction of sp³-hybridized carbons (Fsp3) is 0.529. The van der Waals surface area contributed by atoms with Crippen LogP contribution in [-0.4, -0.2) is 35.9 Å². The highest BCUT2D eigenvalue weighted by molar-refractivity contribution is 7.89. The van der Waals surface area contributed by atoms with Crippen LogP contribution in [-0.2, 0) is 29.5 Å². The number of ether oxygens (including phenoxy) is 1. The molecule has 1 unspecified atom stereocenters. The second-order valence-corrected chi connectivity index (χ2v) is 8.63. The molecule has 10 heteroatoms. The Labute approximate surface area is 163 Å². The number of hydrogen-bond donors (Lipinski definition) is 1. The van der Waals surface area contributed by atoms with E-state index in [0.29, 0.717) is 43.2 Å². The molecule has 1 aromatic carbocycles. The van der Waals surface area contributed by atoms with Crippen LogP contribution in [0, 0.1) is 0 Å². The van der Waals surface area contributed by atoms with Gasteiger partial charge in [0.15, 0.2) is 0 Å². The third-order valence-corrected chi connectivity index (χ3v) is 6.37. The number of methoxy groups -OCH3 is 1. The molecule has 3 rings (SSSR count). The smallest absolute Gasteiger partial charge is 0.345 e. The number of nitrogens with zero attached hydrogens (tertiary/aromatic N) is 3. The first-order valence-electron chi connectivity index (χ1n) is 8.88. The zero-order valence-corrected chi connectivity index (χ0v) is 16.9. The molecule has 0 aliphatic carbocycles. The predicted octanol–water partition coefficient (Wildman–Crippen LogP) is 1.80. The van der Waals surface area contributed by atoms with Gasteiger partial charge in [-0.3, -0.25) is 4.57 Å². The lowest BCUT2D eigenvalue weighted by molar-refractivity contribution is 0.401. The molecule has 0 bridgehead atoms. The first-order chi connectivity index (χ1) is 12.9. The van der Waals surface area contributed by atoms with Crippen LogP contribution in [0.4, 0.5) is 0 Å². The van der Waals surface area contributed by atoms with Gasteiger partial charge in [-0.05, 0) is 37.5 Å². The number of nitrogens with one attached hydrogen (secondary N) is 1. The van der Waals surface area contributed by atoms with Gasteiger partial charge in [-0.25, -0.2) is 22.6 Å². The average molecular weight is 415 g/mol. The third kappa shape index (κ3) is 4.20. The van der Waals surface area contributed by atoms with Crippen LogP contribution < -0.4 is 15.1 Å². The lowest BCUT2D eigenvalue weighted by Crippen LogP contribution is -2.36. The van der Waals surface area contributed by atoms with Crippen LogP contribution in [0.3, 0.4) is 0 Å². The summed E-state index contributed by atoms with van der Waals surface area (Å²) in [6, 6.07) is 4.16. The molecule has 0 saturated heterocycles. The molecule has 0 spiro atoms. The zero-order chi connectivity index (χ0) is 19.6. The van der Waals surface area contributed by atoms with Crippen LogP contribution in [0.2, 0.25) is 5.02 Å². The minimum absolute atomic E-state index is 0.00443. The second kappa shape index (κ2) is 8.04. The topological polar surface area (TPSA) is 95.2 Å². The number of halogens is 1. The minimum atomic E-state index is -3.81. The van der Waals surface area contributed by atoms with Gasteiger partial charge in [0.25, 0.3) is 0 Å². The SMILES string of the molecule is CCCn1nc2n(c1=O)CCC(NS(=O)(=O)c1cc(Cl)ccc1OC)CC2. The van der Waals surface area contributed by atoms with Crippen molar-refractivity contribution in [1.29, 1.82) is 0 Å². The fourth-order valence-corrected chi connectivity index (χ4v) is 4.98. The number of benzene rings is 1. The Kier molecular flexibility index (Phi) is 5.92. The van der Waals surface area contributed by atoms with Crippen LogP contribution in [0.1, 0.15) is 32.0 Å². The second-order valence-electron chi connectivity index (χ2n) is 6.51. The van der Waals surface area contributed by atoms with Gasteiger partial charge in [-0.2, -0.15) is 5.10 Å². The van der Waals surface area contributed by atoms with Crippen LogP contribution in [0.5, 0.6) is 5.75 Å². The molecule has 0 radical (unpaired) electrons. The van der Waals surface area contributed by atoms with Gasteiger partial charge in [0, 0.05) is 30.6 Å². The van der Waals surface area contributed by atoms with Crippen LogP contribution >= 0.6 is 11.6 Å². The predicted molar refractivity (Wildman–Crippen MR) is 102 cm³/mol. The molecule has 1 aliphatic heterocycles. The Balaban J connectivity index is 1.78. The van der Waals surface area contributed by atoms with Gasteiger partial charge in [0.2, 0.25) is 10.0 Å². The van der Waals surface area contributed by atoms with E-state index in [0.717, 1.165) is 6.42 Å². The van der Waals surface area contributed by atoms with Crippen molar-refractivity contribution in [3.63, 3.8) is 0 Å². The van der Waals surface area contributed by atoms with E-state index in [9.17, 15) is 13.2 Å². The summed E-state index contributed by atoms with van der Waals surface area (Å²) >= 11 is 5.96. The summed E-state index contributed by atoms with van der Waals surface area (Å²) in [5.74, 6) is 0.936. The largest absolute Gasteiger partial charge is 0.495 e. The number of hydrogen-bond acceptors (Lipinski definition) is 5. The van der Waals surface area contributed by atoms with Gasteiger partial charge in [0.05, 0.1) is 7.11 Å². The van der Waals surface area contributed by atoms with Crippen molar-refractivity contribution >= 4 is 21.6 Å². The van der Waals surface area contributed by atoms with E-state index in [1.165, 1.54) is 23.9 Å². The first kappa shape index (κ1) is 19.9. The van der Waals surface area contributed by atoms with E-state index in [1.807, 2.05) is 6.92 Å². The summed E-state index contributed by atoms with van der Waals surface area (Å²) in [4.78, 5) is 12.4. The van der Waals surface area contributed by atoms with Crippen molar-refractivity contribution in [2.24, 2.45) is 0 Å². The summed E-state index contributed by atoms with van der Waals surface area (Å²) in [6.45, 7) is 3.01. The number of aromatic nitrogens is 3. The molecule has 0 saturated carbocycles. The molecule has 2 heterocycles. The van der Waals surface area contributed by atoms with Crippen LogP contribution in [0.15, 0.2) is 27.9 Å². The maximum atomic E-state index is 12.8. The van der Waals surface area contributed by atoms with Gasteiger partial charge in [-0.15, -0.1) is 0 Å². The summed E-state index contributed by atoms with van der Waals surface area (Å²) in [6.07, 6.45) is 2.43. The van der Waals surface area contributed by atoms with E-state index < -0.39 is 10.0 Å². The van der Waals surface area contributed by atoms with E-state index in [1.54, 1.807) is 10.6 Å². The molecular formula is C17H23ClN4O4S. The first-order valence-corrected chi connectivity index (χ1v) is 10.7. The molecule has 1 N–H and O–H groups in total. The van der Waals surface area contributed by atoms with E-state index >= 15 is 0 Å². The highest BCUT2D eigenvalue weighted by Crippen LogP contribution is 2.27. The summed E-state index contributed by atoms with van der Waals surface area (Å²) in [5, 5.41) is 4.69. The molecule has 1 aliphatic rings.